The van der Waals surface area contributed by atoms with Crippen molar-refractivity contribution >= 4 is 28.4 Å². The van der Waals surface area contributed by atoms with E-state index in [-0.39, 0.29) is 24.3 Å². The first kappa shape index (κ1) is 19.3. The molecule has 2 heterocycles. The molecule has 0 bridgehead atoms. The predicted octanol–water partition coefficient (Wildman–Crippen LogP) is 5.35. The van der Waals surface area contributed by atoms with Gasteiger partial charge in [-0.15, -0.1) is 0 Å². The third-order valence-electron chi connectivity index (χ3n) is 5.07. The first-order valence-electron chi connectivity index (χ1n) is 9.60. The second kappa shape index (κ2) is 7.89. The van der Waals surface area contributed by atoms with Gasteiger partial charge in [-0.05, 0) is 48.0 Å². The minimum Gasteiger partial charge on any atom is -0.454 e. The van der Waals surface area contributed by atoms with E-state index in [0.717, 1.165) is 10.9 Å². The molecule has 154 valence electrons. The van der Waals surface area contributed by atoms with Crippen LogP contribution >= 0.6 is 11.6 Å². The lowest BCUT2D eigenvalue weighted by Gasteiger charge is -2.11. The van der Waals surface area contributed by atoms with Gasteiger partial charge in [0.25, 0.3) is 5.91 Å². The van der Waals surface area contributed by atoms with Gasteiger partial charge in [-0.1, -0.05) is 35.9 Å². The number of carbonyl (C=O) groups excluding carboxylic acids is 1. The van der Waals surface area contributed by atoms with Crippen molar-refractivity contribution in [3.8, 4) is 22.8 Å². The lowest BCUT2D eigenvalue weighted by atomic mass is 10.0. The standard InChI is InChI=1S/C24H16ClFN2O3/c25-18-9-14(5-7-19(18)26)12-27-24(29)17-11-21(28-20-4-2-1-3-16(17)20)15-6-8-22-23(10-15)31-13-30-22/h1-11H,12-13H2,(H,27,29). The molecular formula is C24H16ClFN2O3. The summed E-state index contributed by atoms with van der Waals surface area (Å²) >= 11 is 5.84. The number of carbonyl (C=O) groups is 1. The minimum atomic E-state index is -0.495. The maximum Gasteiger partial charge on any atom is 0.252 e. The first-order chi connectivity index (χ1) is 15.1. The molecule has 1 amide bonds. The fourth-order valence-corrected chi connectivity index (χ4v) is 3.70. The molecular weight excluding hydrogens is 419 g/mol. The minimum absolute atomic E-state index is 0.0196. The third kappa shape index (κ3) is 3.78. The molecule has 0 unspecified atom stereocenters. The van der Waals surface area contributed by atoms with Gasteiger partial charge in [0, 0.05) is 17.5 Å². The number of rotatable bonds is 4. The van der Waals surface area contributed by atoms with Crippen LogP contribution in [-0.4, -0.2) is 17.7 Å². The highest BCUT2D eigenvalue weighted by molar-refractivity contribution is 6.30. The van der Waals surface area contributed by atoms with E-state index in [2.05, 4.69) is 5.32 Å². The Bertz CT molecular complexity index is 1330. The topological polar surface area (TPSA) is 60.5 Å². The van der Waals surface area contributed by atoms with Gasteiger partial charge in [0.05, 0.1) is 21.8 Å². The second-order valence-corrected chi connectivity index (χ2v) is 7.48. The van der Waals surface area contributed by atoms with Crippen LogP contribution in [-0.2, 0) is 6.54 Å². The molecule has 31 heavy (non-hydrogen) atoms. The summed E-state index contributed by atoms with van der Waals surface area (Å²) in [5.41, 5.74) is 3.36. The summed E-state index contributed by atoms with van der Waals surface area (Å²) in [5.74, 6) is 0.568. The number of aromatic nitrogens is 1. The Kier molecular flexibility index (Phi) is 4.92. The fourth-order valence-electron chi connectivity index (χ4n) is 3.49. The van der Waals surface area contributed by atoms with Crippen molar-refractivity contribution < 1.29 is 18.7 Å². The van der Waals surface area contributed by atoms with Gasteiger partial charge in [0.2, 0.25) is 6.79 Å². The molecule has 1 aromatic heterocycles. The van der Waals surface area contributed by atoms with Crippen LogP contribution in [0.4, 0.5) is 4.39 Å². The number of para-hydroxylation sites is 1. The Morgan fingerprint density at radius 2 is 1.87 bits per heavy atom. The molecule has 0 radical (unpaired) electrons. The number of hydrogen-bond acceptors (Lipinski definition) is 4. The van der Waals surface area contributed by atoms with E-state index >= 15 is 0 Å². The van der Waals surface area contributed by atoms with Crippen LogP contribution in [0.5, 0.6) is 11.5 Å². The number of nitrogens with zero attached hydrogens (tertiary/aromatic N) is 1. The Labute approximate surface area is 182 Å². The zero-order valence-electron chi connectivity index (χ0n) is 16.2. The Morgan fingerprint density at radius 3 is 2.74 bits per heavy atom. The molecule has 5 nitrogen and oxygen atoms in total. The number of nitrogens with one attached hydrogen (secondary N) is 1. The van der Waals surface area contributed by atoms with Gasteiger partial charge in [0.15, 0.2) is 11.5 Å². The molecule has 3 aromatic carbocycles. The van der Waals surface area contributed by atoms with Crippen LogP contribution < -0.4 is 14.8 Å². The average Bonchev–Trinajstić information content (AvgIpc) is 3.27. The number of fused-ring (bicyclic) bond motifs is 2. The van der Waals surface area contributed by atoms with Crippen molar-refractivity contribution in [3.05, 3.63) is 88.7 Å². The number of ether oxygens (including phenoxy) is 2. The summed E-state index contributed by atoms with van der Waals surface area (Å²) in [6, 6.07) is 19.1. The maximum atomic E-state index is 13.4. The van der Waals surface area contributed by atoms with Crippen molar-refractivity contribution in [2.24, 2.45) is 0 Å². The van der Waals surface area contributed by atoms with Crippen molar-refractivity contribution in [1.29, 1.82) is 0 Å². The molecule has 7 heteroatoms. The molecule has 1 aliphatic heterocycles. The monoisotopic (exact) mass is 434 g/mol. The van der Waals surface area contributed by atoms with Gasteiger partial charge < -0.3 is 14.8 Å². The molecule has 0 fully saturated rings. The lowest BCUT2D eigenvalue weighted by Crippen LogP contribution is -2.23. The molecule has 0 saturated carbocycles. The largest absolute Gasteiger partial charge is 0.454 e. The molecule has 4 aromatic rings. The molecule has 1 N–H and O–H groups in total. The quantitative estimate of drug-likeness (QED) is 0.470. The van der Waals surface area contributed by atoms with Crippen molar-refractivity contribution in [2.45, 2.75) is 6.54 Å². The van der Waals surface area contributed by atoms with Crippen LogP contribution in [0.25, 0.3) is 22.2 Å². The average molecular weight is 435 g/mol. The summed E-state index contributed by atoms with van der Waals surface area (Å²) in [4.78, 5) is 17.8. The van der Waals surface area contributed by atoms with Gasteiger partial charge in [-0.2, -0.15) is 0 Å². The second-order valence-electron chi connectivity index (χ2n) is 7.07. The van der Waals surface area contributed by atoms with E-state index in [1.165, 1.54) is 12.1 Å². The smallest absolute Gasteiger partial charge is 0.252 e. The lowest BCUT2D eigenvalue weighted by molar-refractivity contribution is 0.0952. The number of halogens is 2. The normalized spacial score (nSPS) is 12.2. The summed E-state index contributed by atoms with van der Waals surface area (Å²) in [6.45, 7) is 0.403. The zero-order valence-corrected chi connectivity index (χ0v) is 16.9. The van der Waals surface area contributed by atoms with E-state index in [1.54, 1.807) is 12.1 Å². The first-order valence-corrected chi connectivity index (χ1v) is 9.98. The number of benzene rings is 3. The van der Waals surface area contributed by atoms with Crippen LogP contribution in [0.1, 0.15) is 15.9 Å². The molecule has 0 aliphatic carbocycles. The zero-order chi connectivity index (χ0) is 21.4. The Balaban J connectivity index is 1.49. The number of amides is 1. The van der Waals surface area contributed by atoms with E-state index in [4.69, 9.17) is 26.1 Å². The van der Waals surface area contributed by atoms with Gasteiger partial charge in [-0.25, -0.2) is 9.37 Å². The molecule has 5 rings (SSSR count). The van der Waals surface area contributed by atoms with Crippen LogP contribution in [0, 0.1) is 5.82 Å². The van der Waals surface area contributed by atoms with Crippen molar-refractivity contribution in [3.63, 3.8) is 0 Å². The highest BCUT2D eigenvalue weighted by Gasteiger charge is 2.17. The molecule has 0 spiro atoms. The summed E-state index contributed by atoms with van der Waals surface area (Å²) < 4.78 is 24.2. The molecule has 1 aliphatic rings. The van der Waals surface area contributed by atoms with Gasteiger partial charge in [-0.3, -0.25) is 4.79 Å². The van der Waals surface area contributed by atoms with Crippen LogP contribution in [0.15, 0.2) is 66.7 Å². The summed E-state index contributed by atoms with van der Waals surface area (Å²) in [5, 5.41) is 3.64. The van der Waals surface area contributed by atoms with E-state index in [1.807, 2.05) is 42.5 Å². The number of hydrogen-bond donors (Lipinski definition) is 1. The van der Waals surface area contributed by atoms with Crippen LogP contribution in [0.3, 0.4) is 0 Å². The van der Waals surface area contributed by atoms with Gasteiger partial charge >= 0.3 is 0 Å². The van der Waals surface area contributed by atoms with E-state index in [0.29, 0.717) is 33.8 Å². The Morgan fingerprint density at radius 1 is 1.03 bits per heavy atom. The predicted molar refractivity (Wildman–Crippen MR) is 116 cm³/mol. The Hall–Kier alpha value is -3.64. The van der Waals surface area contributed by atoms with Crippen molar-refractivity contribution in [2.75, 3.05) is 6.79 Å². The highest BCUT2D eigenvalue weighted by Crippen LogP contribution is 2.36. The van der Waals surface area contributed by atoms with E-state index in [9.17, 15) is 9.18 Å². The summed E-state index contributed by atoms with van der Waals surface area (Å²) in [7, 11) is 0. The third-order valence-corrected chi connectivity index (χ3v) is 5.36. The van der Waals surface area contributed by atoms with Crippen molar-refractivity contribution in [1.82, 2.24) is 10.3 Å². The highest BCUT2D eigenvalue weighted by atomic mass is 35.5. The fraction of sp³-hybridized carbons (Fsp3) is 0.0833. The van der Waals surface area contributed by atoms with Gasteiger partial charge in [0.1, 0.15) is 5.82 Å². The maximum absolute atomic E-state index is 13.4. The SMILES string of the molecule is O=C(NCc1ccc(F)c(Cl)c1)c1cc(-c2ccc3c(c2)OCO3)nc2ccccc12. The van der Waals surface area contributed by atoms with E-state index < -0.39 is 5.82 Å². The number of pyridine rings is 1. The molecule has 0 saturated heterocycles. The summed E-state index contributed by atoms with van der Waals surface area (Å²) in [6.07, 6.45) is 0. The molecule has 0 atom stereocenters. The van der Waals surface area contributed by atoms with Crippen LogP contribution in [0.2, 0.25) is 5.02 Å².